The number of hydrogen-bond acceptors (Lipinski definition) is 3. The summed E-state index contributed by atoms with van der Waals surface area (Å²) in [6.45, 7) is 5.14. The minimum Gasteiger partial charge on any atom is -0.351 e. The summed E-state index contributed by atoms with van der Waals surface area (Å²) in [6.07, 6.45) is -4.54. The summed E-state index contributed by atoms with van der Waals surface area (Å²) >= 11 is 6.06. The summed E-state index contributed by atoms with van der Waals surface area (Å²) in [5, 5.41) is 6.80. The van der Waals surface area contributed by atoms with E-state index in [4.69, 9.17) is 11.6 Å². The number of hydrogen-bond donors (Lipinski definition) is 2. The van der Waals surface area contributed by atoms with E-state index in [2.05, 4.69) is 15.5 Å². The molecule has 39 heavy (non-hydrogen) atoms. The molecule has 5 nitrogen and oxygen atoms in total. The van der Waals surface area contributed by atoms with Crippen molar-refractivity contribution in [3.8, 4) is 28.2 Å². The molecule has 0 atom stereocenters. The molecule has 0 unspecified atom stereocenters. The number of nitrogens with one attached hydrogen (secondary N) is 2. The maximum Gasteiger partial charge on any atom is 0.418 e. The van der Waals surface area contributed by atoms with Gasteiger partial charge in [0.15, 0.2) is 0 Å². The predicted octanol–water partition coefficient (Wildman–Crippen LogP) is 6.12. The van der Waals surface area contributed by atoms with Gasteiger partial charge in [0.1, 0.15) is 0 Å². The fourth-order valence-corrected chi connectivity index (χ4v) is 4.96. The molecule has 1 saturated heterocycles. The lowest BCUT2D eigenvalue weighted by atomic mass is 10.1. The minimum absolute atomic E-state index is 0.0182. The van der Waals surface area contributed by atoms with Crippen LogP contribution in [0.1, 0.15) is 15.9 Å². The van der Waals surface area contributed by atoms with Crippen LogP contribution in [0.15, 0.2) is 84.9 Å². The molecule has 1 aromatic heterocycles. The lowest BCUT2D eigenvalue weighted by Crippen LogP contribution is -2.46. The quantitative estimate of drug-likeness (QED) is 0.290. The van der Waals surface area contributed by atoms with Crippen LogP contribution in [-0.4, -0.2) is 54.6 Å². The zero-order valence-electron chi connectivity index (χ0n) is 21.1. The van der Waals surface area contributed by atoms with E-state index in [0.717, 1.165) is 44.4 Å². The first kappa shape index (κ1) is 27.0. The third-order valence-electron chi connectivity index (χ3n) is 6.84. The number of rotatable bonds is 7. The normalized spacial score (nSPS) is 14.4. The minimum atomic E-state index is -4.54. The van der Waals surface area contributed by atoms with Gasteiger partial charge < -0.3 is 15.2 Å². The summed E-state index contributed by atoms with van der Waals surface area (Å²) in [5.74, 6) is -0.184. The molecule has 9 heteroatoms. The molecule has 202 valence electrons. The highest BCUT2D eigenvalue weighted by Crippen LogP contribution is 2.39. The predicted molar refractivity (Wildman–Crippen MR) is 148 cm³/mol. The van der Waals surface area contributed by atoms with E-state index in [9.17, 15) is 18.0 Å². The van der Waals surface area contributed by atoms with Crippen LogP contribution < -0.4 is 10.6 Å². The van der Waals surface area contributed by atoms with Crippen molar-refractivity contribution in [2.24, 2.45) is 0 Å². The smallest absolute Gasteiger partial charge is 0.351 e. The molecular formula is C30H28ClF3N4O. The lowest BCUT2D eigenvalue weighted by molar-refractivity contribution is -0.137. The Balaban J connectivity index is 1.45. The van der Waals surface area contributed by atoms with Crippen LogP contribution in [0, 0.1) is 0 Å². The highest BCUT2D eigenvalue weighted by molar-refractivity contribution is 6.30. The number of amides is 1. The van der Waals surface area contributed by atoms with E-state index in [1.165, 1.54) is 12.1 Å². The number of benzene rings is 3. The molecule has 3 aromatic carbocycles. The first-order valence-electron chi connectivity index (χ1n) is 12.8. The Morgan fingerprint density at radius 1 is 0.846 bits per heavy atom. The van der Waals surface area contributed by atoms with Crippen molar-refractivity contribution in [2.45, 2.75) is 6.18 Å². The molecule has 4 aromatic rings. The molecule has 0 bridgehead atoms. The Hall–Kier alpha value is -3.59. The van der Waals surface area contributed by atoms with Crippen molar-refractivity contribution in [1.29, 1.82) is 0 Å². The van der Waals surface area contributed by atoms with Gasteiger partial charge in [-0.1, -0.05) is 48.0 Å². The Labute approximate surface area is 230 Å². The van der Waals surface area contributed by atoms with Crippen LogP contribution in [-0.2, 0) is 6.18 Å². The molecule has 1 fully saturated rings. The van der Waals surface area contributed by atoms with Gasteiger partial charge in [-0.3, -0.25) is 9.69 Å². The van der Waals surface area contributed by atoms with Gasteiger partial charge >= 0.3 is 6.18 Å². The molecule has 0 spiro atoms. The van der Waals surface area contributed by atoms with E-state index >= 15 is 0 Å². The van der Waals surface area contributed by atoms with Crippen molar-refractivity contribution >= 4 is 17.5 Å². The van der Waals surface area contributed by atoms with E-state index < -0.39 is 11.7 Å². The van der Waals surface area contributed by atoms with Crippen molar-refractivity contribution in [3.05, 3.63) is 101 Å². The Morgan fingerprint density at radius 3 is 2.05 bits per heavy atom. The monoisotopic (exact) mass is 552 g/mol. The molecule has 1 aliphatic rings. The topological polar surface area (TPSA) is 49.3 Å². The highest BCUT2D eigenvalue weighted by Gasteiger charge is 2.34. The van der Waals surface area contributed by atoms with Crippen LogP contribution >= 0.6 is 11.6 Å². The largest absolute Gasteiger partial charge is 0.418 e. The molecule has 2 heterocycles. The van der Waals surface area contributed by atoms with Crippen LogP contribution in [0.3, 0.4) is 0 Å². The van der Waals surface area contributed by atoms with Crippen molar-refractivity contribution in [2.75, 3.05) is 39.3 Å². The number of piperazine rings is 1. The maximum absolute atomic E-state index is 14.0. The number of alkyl halides is 3. The summed E-state index contributed by atoms with van der Waals surface area (Å²) in [6, 6.07) is 23.0. The molecule has 0 aliphatic carbocycles. The molecule has 1 amide bonds. The fraction of sp³-hybridized carbons (Fsp3) is 0.233. The van der Waals surface area contributed by atoms with Crippen molar-refractivity contribution in [1.82, 2.24) is 20.1 Å². The van der Waals surface area contributed by atoms with Gasteiger partial charge in [0.2, 0.25) is 0 Å². The van der Waals surface area contributed by atoms with Crippen LogP contribution in [0.25, 0.3) is 28.2 Å². The molecule has 0 saturated carbocycles. The Morgan fingerprint density at radius 2 is 1.44 bits per heavy atom. The average molecular weight is 553 g/mol. The van der Waals surface area contributed by atoms with E-state index in [1.54, 1.807) is 71.3 Å². The molecular weight excluding hydrogens is 525 g/mol. The Kier molecular flexibility index (Phi) is 8.07. The maximum atomic E-state index is 14.0. The lowest BCUT2D eigenvalue weighted by Gasteiger charge is -2.27. The second kappa shape index (κ2) is 11.7. The van der Waals surface area contributed by atoms with Gasteiger partial charge in [0, 0.05) is 49.9 Å². The summed E-state index contributed by atoms with van der Waals surface area (Å²) < 4.78 is 43.7. The third-order valence-corrected chi connectivity index (χ3v) is 7.09. The van der Waals surface area contributed by atoms with Gasteiger partial charge in [-0.25, -0.2) is 0 Å². The van der Waals surface area contributed by atoms with Gasteiger partial charge in [-0.05, 0) is 59.7 Å². The Bertz CT molecular complexity index is 1430. The van der Waals surface area contributed by atoms with Crippen molar-refractivity contribution < 1.29 is 18.0 Å². The van der Waals surface area contributed by atoms with Gasteiger partial charge in [0.25, 0.3) is 5.91 Å². The number of carbonyl (C=O) groups is 1. The van der Waals surface area contributed by atoms with Gasteiger partial charge in [-0.15, -0.1) is 0 Å². The number of carbonyl (C=O) groups excluding carboxylic acids is 1. The molecule has 2 N–H and O–H groups in total. The standard InChI is InChI=1S/C30H28ClF3N4O/c31-24-11-9-22(10-12-24)27-14-13-26(38(27)28-4-2-1-3-25(28)30(32,33)34)21-5-7-23(8-6-21)29(39)36-17-20-37-18-15-35-16-19-37/h1-14,35H,15-20H2,(H,36,39). The highest BCUT2D eigenvalue weighted by atomic mass is 35.5. The zero-order chi connectivity index (χ0) is 27.4. The van der Waals surface area contributed by atoms with Crippen LogP contribution in [0.4, 0.5) is 13.2 Å². The summed E-state index contributed by atoms with van der Waals surface area (Å²) in [5.41, 5.74) is 2.34. The summed E-state index contributed by atoms with van der Waals surface area (Å²) in [4.78, 5) is 15.0. The third kappa shape index (κ3) is 6.19. The number of para-hydroxylation sites is 1. The van der Waals surface area contributed by atoms with E-state index in [1.807, 2.05) is 0 Å². The molecule has 1 aliphatic heterocycles. The fourth-order valence-electron chi connectivity index (χ4n) is 4.83. The van der Waals surface area contributed by atoms with Crippen molar-refractivity contribution in [3.63, 3.8) is 0 Å². The summed E-state index contributed by atoms with van der Waals surface area (Å²) in [7, 11) is 0. The van der Waals surface area contributed by atoms with Gasteiger partial charge in [0.05, 0.1) is 22.6 Å². The van der Waals surface area contributed by atoms with E-state index in [-0.39, 0.29) is 11.6 Å². The molecule has 5 rings (SSSR count). The first-order valence-corrected chi connectivity index (χ1v) is 13.1. The number of nitrogens with zero attached hydrogens (tertiary/aromatic N) is 2. The number of aromatic nitrogens is 1. The SMILES string of the molecule is O=C(NCCN1CCNCC1)c1ccc(-c2ccc(-c3ccc(Cl)cc3)n2-c2ccccc2C(F)(F)F)cc1. The van der Waals surface area contributed by atoms with Crippen LogP contribution in [0.2, 0.25) is 5.02 Å². The second-order valence-corrected chi connectivity index (χ2v) is 9.82. The van der Waals surface area contributed by atoms with E-state index in [0.29, 0.717) is 34.1 Å². The van der Waals surface area contributed by atoms with Crippen LogP contribution in [0.5, 0.6) is 0 Å². The second-order valence-electron chi connectivity index (χ2n) is 9.39. The zero-order valence-corrected chi connectivity index (χ0v) is 21.9. The number of halogens is 4. The first-order chi connectivity index (χ1) is 18.8. The van der Waals surface area contributed by atoms with Gasteiger partial charge in [-0.2, -0.15) is 13.2 Å². The molecule has 0 radical (unpaired) electrons. The average Bonchev–Trinajstić information content (AvgIpc) is 3.39.